The van der Waals surface area contributed by atoms with E-state index >= 15 is 0 Å². The van der Waals surface area contributed by atoms with Crippen LogP contribution in [0.2, 0.25) is 0 Å². The van der Waals surface area contributed by atoms with Gasteiger partial charge in [-0.15, -0.1) is 0 Å². The highest BCUT2D eigenvalue weighted by molar-refractivity contribution is 5.82. The average molecular weight is 252 g/mol. The first-order valence-electron chi connectivity index (χ1n) is 6.26. The number of aliphatic carboxylic acids is 1. The van der Waals surface area contributed by atoms with Crippen molar-refractivity contribution in [2.45, 2.75) is 38.0 Å². The zero-order valence-corrected chi connectivity index (χ0v) is 10.4. The molecule has 1 aromatic rings. The molecule has 0 heterocycles. The number of carbonyl (C=O) groups is 1. The Balaban J connectivity index is 2.40. The largest absolute Gasteiger partial charge is 0.494 e. The molecule has 0 saturated heterocycles. The van der Waals surface area contributed by atoms with Gasteiger partial charge in [-0.05, 0) is 25.8 Å². The molecule has 0 amide bonds. The maximum Gasteiger partial charge on any atom is 0.314 e. The number of carboxylic acid groups (broad SMARTS) is 1. The van der Waals surface area contributed by atoms with Gasteiger partial charge < -0.3 is 9.84 Å². The van der Waals surface area contributed by atoms with Crippen LogP contribution in [0.4, 0.5) is 4.39 Å². The van der Waals surface area contributed by atoms with E-state index in [2.05, 4.69) is 0 Å². The number of hydrogen-bond donors (Lipinski definition) is 1. The van der Waals surface area contributed by atoms with Crippen molar-refractivity contribution in [2.24, 2.45) is 0 Å². The van der Waals surface area contributed by atoms with Gasteiger partial charge in [-0.1, -0.05) is 18.9 Å². The van der Waals surface area contributed by atoms with E-state index in [1.165, 1.54) is 6.07 Å². The molecule has 0 bridgehead atoms. The predicted octanol–water partition coefficient (Wildman–Crippen LogP) is 3.12. The summed E-state index contributed by atoms with van der Waals surface area (Å²) < 4.78 is 19.3. The highest BCUT2D eigenvalue weighted by atomic mass is 19.1. The summed E-state index contributed by atoms with van der Waals surface area (Å²) in [7, 11) is 0. The third kappa shape index (κ3) is 2.07. The average Bonchev–Trinajstić information content (AvgIpc) is 2.80. The number of carboxylic acids is 1. The summed E-state index contributed by atoms with van der Waals surface area (Å²) >= 11 is 0. The highest BCUT2D eigenvalue weighted by Crippen LogP contribution is 2.43. The maximum atomic E-state index is 14.1. The molecule has 0 unspecified atom stereocenters. The summed E-state index contributed by atoms with van der Waals surface area (Å²) in [6.07, 6.45) is 2.68. The maximum absolute atomic E-state index is 14.1. The SMILES string of the molecule is CCOc1ccc(C2(C(=O)O)CCCC2)c(F)c1. The Bertz CT molecular complexity index is 450. The number of halogens is 1. The van der Waals surface area contributed by atoms with Gasteiger partial charge in [0.1, 0.15) is 11.6 Å². The molecule has 0 aliphatic heterocycles. The van der Waals surface area contributed by atoms with Crippen LogP contribution in [0, 0.1) is 5.82 Å². The predicted molar refractivity (Wildman–Crippen MR) is 65.4 cm³/mol. The van der Waals surface area contributed by atoms with Crippen LogP contribution >= 0.6 is 0 Å². The topological polar surface area (TPSA) is 46.5 Å². The molecule has 1 saturated carbocycles. The van der Waals surface area contributed by atoms with Gasteiger partial charge in [-0.3, -0.25) is 4.79 Å². The van der Waals surface area contributed by atoms with Crippen LogP contribution in [0.3, 0.4) is 0 Å². The lowest BCUT2D eigenvalue weighted by Crippen LogP contribution is -2.33. The van der Waals surface area contributed by atoms with Gasteiger partial charge in [0.15, 0.2) is 0 Å². The fraction of sp³-hybridized carbons (Fsp3) is 0.500. The van der Waals surface area contributed by atoms with Crippen LogP contribution in [0.25, 0.3) is 0 Å². The monoisotopic (exact) mass is 252 g/mol. The first kappa shape index (κ1) is 12.9. The minimum Gasteiger partial charge on any atom is -0.494 e. The van der Waals surface area contributed by atoms with E-state index in [0.29, 0.717) is 25.2 Å². The van der Waals surface area contributed by atoms with E-state index in [0.717, 1.165) is 12.8 Å². The van der Waals surface area contributed by atoms with Gasteiger partial charge in [-0.2, -0.15) is 0 Å². The number of hydrogen-bond acceptors (Lipinski definition) is 2. The second-order valence-corrected chi connectivity index (χ2v) is 4.67. The summed E-state index contributed by atoms with van der Waals surface area (Å²) in [4.78, 5) is 11.5. The summed E-state index contributed by atoms with van der Waals surface area (Å²) in [6.45, 7) is 2.28. The molecule has 1 N–H and O–H groups in total. The van der Waals surface area contributed by atoms with Crippen LogP contribution in [-0.2, 0) is 10.2 Å². The van der Waals surface area contributed by atoms with Gasteiger partial charge in [0.05, 0.1) is 12.0 Å². The molecule has 4 heteroatoms. The van der Waals surface area contributed by atoms with Crippen molar-refractivity contribution in [3.8, 4) is 5.75 Å². The first-order valence-corrected chi connectivity index (χ1v) is 6.26. The van der Waals surface area contributed by atoms with Gasteiger partial charge in [0, 0.05) is 11.6 Å². The Morgan fingerprint density at radius 2 is 2.11 bits per heavy atom. The van der Waals surface area contributed by atoms with Gasteiger partial charge >= 0.3 is 5.97 Å². The number of benzene rings is 1. The summed E-state index contributed by atoms with van der Waals surface area (Å²) in [5.41, 5.74) is -0.759. The number of rotatable bonds is 4. The second kappa shape index (κ2) is 4.96. The Hall–Kier alpha value is -1.58. The van der Waals surface area contributed by atoms with Crippen molar-refractivity contribution in [3.05, 3.63) is 29.6 Å². The molecule has 1 aromatic carbocycles. The molecule has 0 atom stereocenters. The van der Waals surface area contributed by atoms with Crippen molar-refractivity contribution in [3.63, 3.8) is 0 Å². The fourth-order valence-corrected chi connectivity index (χ4v) is 2.72. The van der Waals surface area contributed by atoms with Gasteiger partial charge in [-0.25, -0.2) is 4.39 Å². The van der Waals surface area contributed by atoms with E-state index in [-0.39, 0.29) is 5.56 Å². The van der Waals surface area contributed by atoms with Crippen LogP contribution in [0.5, 0.6) is 5.75 Å². The van der Waals surface area contributed by atoms with Crippen molar-refractivity contribution in [1.29, 1.82) is 0 Å². The molecule has 0 spiro atoms. The van der Waals surface area contributed by atoms with Crippen LogP contribution in [0.1, 0.15) is 38.2 Å². The smallest absolute Gasteiger partial charge is 0.314 e. The molecular weight excluding hydrogens is 235 g/mol. The lowest BCUT2D eigenvalue weighted by Gasteiger charge is -2.25. The zero-order chi connectivity index (χ0) is 13.2. The van der Waals surface area contributed by atoms with E-state index < -0.39 is 17.2 Å². The Kier molecular flexibility index (Phi) is 3.55. The second-order valence-electron chi connectivity index (χ2n) is 4.67. The zero-order valence-electron chi connectivity index (χ0n) is 10.4. The molecule has 1 fully saturated rings. The molecule has 3 nitrogen and oxygen atoms in total. The van der Waals surface area contributed by atoms with Crippen molar-refractivity contribution in [1.82, 2.24) is 0 Å². The van der Waals surface area contributed by atoms with Gasteiger partial charge in [0.25, 0.3) is 0 Å². The molecular formula is C14H17FO3. The summed E-state index contributed by atoms with van der Waals surface area (Å²) in [5, 5.41) is 9.42. The molecule has 0 radical (unpaired) electrons. The van der Waals surface area contributed by atoms with Crippen LogP contribution < -0.4 is 4.74 Å². The molecule has 2 rings (SSSR count). The molecule has 1 aliphatic carbocycles. The molecule has 0 aromatic heterocycles. The lowest BCUT2D eigenvalue weighted by molar-refractivity contribution is -0.143. The van der Waals surface area contributed by atoms with E-state index in [1.807, 2.05) is 6.92 Å². The van der Waals surface area contributed by atoms with Gasteiger partial charge in [0.2, 0.25) is 0 Å². The number of ether oxygens (including phenoxy) is 1. The first-order chi connectivity index (χ1) is 8.60. The van der Waals surface area contributed by atoms with E-state index in [1.54, 1.807) is 12.1 Å². The minimum atomic E-state index is -1.05. The van der Waals surface area contributed by atoms with Crippen molar-refractivity contribution >= 4 is 5.97 Å². The third-order valence-corrected chi connectivity index (χ3v) is 3.63. The normalized spacial score (nSPS) is 17.7. The van der Waals surface area contributed by atoms with Crippen LogP contribution in [0.15, 0.2) is 18.2 Å². The Labute approximate surface area is 106 Å². The highest BCUT2D eigenvalue weighted by Gasteiger charge is 2.44. The Morgan fingerprint density at radius 1 is 1.44 bits per heavy atom. The van der Waals surface area contributed by atoms with Crippen LogP contribution in [-0.4, -0.2) is 17.7 Å². The minimum absolute atomic E-state index is 0.288. The van der Waals surface area contributed by atoms with E-state index in [9.17, 15) is 14.3 Å². The summed E-state index contributed by atoms with van der Waals surface area (Å²) in [5.74, 6) is -0.967. The lowest BCUT2D eigenvalue weighted by atomic mass is 9.78. The Morgan fingerprint density at radius 3 is 2.61 bits per heavy atom. The molecule has 1 aliphatic rings. The van der Waals surface area contributed by atoms with E-state index in [4.69, 9.17) is 4.74 Å². The van der Waals surface area contributed by atoms with Crippen molar-refractivity contribution < 1.29 is 19.0 Å². The molecule has 18 heavy (non-hydrogen) atoms. The standard InChI is InChI=1S/C14H17FO3/c1-2-18-10-5-6-11(12(15)9-10)14(13(16)17)7-3-4-8-14/h5-6,9H,2-4,7-8H2,1H3,(H,16,17). The third-order valence-electron chi connectivity index (χ3n) is 3.63. The van der Waals surface area contributed by atoms with Crippen molar-refractivity contribution in [2.75, 3.05) is 6.61 Å². The molecule has 98 valence electrons. The quantitative estimate of drug-likeness (QED) is 0.895. The fourth-order valence-electron chi connectivity index (χ4n) is 2.72. The summed E-state index contributed by atoms with van der Waals surface area (Å²) in [6, 6.07) is 4.48.